The summed E-state index contributed by atoms with van der Waals surface area (Å²) in [5, 5.41) is 5.61. The number of amides is 2. The van der Waals surface area contributed by atoms with Crippen molar-refractivity contribution in [3.8, 4) is 0 Å². The van der Waals surface area contributed by atoms with Gasteiger partial charge in [-0.2, -0.15) is 0 Å². The number of carbonyl (C=O) groups excluding carboxylic acids is 2. The van der Waals surface area contributed by atoms with Crippen molar-refractivity contribution in [1.82, 2.24) is 4.90 Å². The van der Waals surface area contributed by atoms with Crippen LogP contribution in [0.4, 0.5) is 17.1 Å². The maximum absolute atomic E-state index is 12.2. The summed E-state index contributed by atoms with van der Waals surface area (Å²) in [6.45, 7) is 8.04. The highest BCUT2D eigenvalue weighted by molar-refractivity contribution is 6.08. The predicted molar refractivity (Wildman–Crippen MR) is 114 cm³/mol. The molecular formula is C22H28N4O2. The number of piperazine rings is 1. The van der Waals surface area contributed by atoms with Crippen molar-refractivity contribution in [2.24, 2.45) is 0 Å². The lowest BCUT2D eigenvalue weighted by Crippen LogP contribution is -2.44. The molecule has 2 amide bonds. The summed E-state index contributed by atoms with van der Waals surface area (Å²) < 4.78 is 0. The Balaban J connectivity index is 1.51. The summed E-state index contributed by atoms with van der Waals surface area (Å²) in [6, 6.07) is 13.5. The number of hydrogen-bond donors (Lipinski definition) is 2. The van der Waals surface area contributed by atoms with E-state index in [1.165, 1.54) is 0 Å². The highest BCUT2D eigenvalue weighted by atomic mass is 16.2. The molecule has 1 aliphatic heterocycles. The van der Waals surface area contributed by atoms with Crippen molar-refractivity contribution in [2.75, 3.05) is 48.8 Å². The van der Waals surface area contributed by atoms with Crippen LogP contribution in [-0.2, 0) is 9.59 Å². The number of aryl methyl sites for hydroxylation is 1. The van der Waals surface area contributed by atoms with Gasteiger partial charge in [0.1, 0.15) is 6.42 Å². The second-order valence-electron chi connectivity index (χ2n) is 7.36. The lowest BCUT2D eigenvalue weighted by atomic mass is 10.1. The van der Waals surface area contributed by atoms with E-state index in [0.717, 1.165) is 48.7 Å². The number of anilines is 3. The molecule has 0 spiro atoms. The zero-order chi connectivity index (χ0) is 20.1. The maximum Gasteiger partial charge on any atom is 0.233 e. The predicted octanol–water partition coefficient (Wildman–Crippen LogP) is 3.02. The van der Waals surface area contributed by atoms with Crippen LogP contribution in [0.3, 0.4) is 0 Å². The SMILES string of the molecule is Cc1cccc(NC(=O)CC(=O)Nc2ccc(N3CCN(C)CC3)cc2)c1C. The molecule has 2 aromatic rings. The van der Waals surface area contributed by atoms with Crippen molar-refractivity contribution >= 4 is 28.9 Å². The number of nitrogens with one attached hydrogen (secondary N) is 2. The smallest absolute Gasteiger partial charge is 0.233 e. The molecule has 1 heterocycles. The standard InChI is InChI=1S/C22H28N4O2/c1-16-5-4-6-20(17(16)2)24-22(28)15-21(27)23-18-7-9-19(10-8-18)26-13-11-25(3)12-14-26/h4-10H,11-15H2,1-3H3,(H,23,27)(H,24,28). The van der Waals surface area contributed by atoms with E-state index in [1.54, 1.807) is 0 Å². The van der Waals surface area contributed by atoms with Gasteiger partial charge in [0.15, 0.2) is 0 Å². The van der Waals surface area contributed by atoms with Gasteiger partial charge >= 0.3 is 0 Å². The minimum atomic E-state index is -0.324. The average molecular weight is 380 g/mol. The third-order valence-corrected chi connectivity index (χ3v) is 5.22. The van der Waals surface area contributed by atoms with Crippen LogP contribution in [-0.4, -0.2) is 49.9 Å². The third kappa shape index (κ3) is 5.10. The van der Waals surface area contributed by atoms with Gasteiger partial charge in [0, 0.05) is 43.2 Å². The Kier molecular flexibility index (Phi) is 6.31. The van der Waals surface area contributed by atoms with Crippen LogP contribution in [0, 0.1) is 13.8 Å². The van der Waals surface area contributed by atoms with Crippen LogP contribution in [0.25, 0.3) is 0 Å². The second kappa shape index (κ2) is 8.89. The number of rotatable bonds is 5. The first-order chi connectivity index (χ1) is 13.4. The summed E-state index contributed by atoms with van der Waals surface area (Å²) in [6.07, 6.45) is -0.215. The van der Waals surface area contributed by atoms with Gasteiger partial charge in [-0.25, -0.2) is 0 Å². The molecule has 1 saturated heterocycles. The molecule has 0 bridgehead atoms. The molecule has 0 aliphatic carbocycles. The number of likely N-dealkylation sites (N-methyl/N-ethyl adjacent to an activating group) is 1. The molecule has 0 unspecified atom stereocenters. The van der Waals surface area contributed by atoms with Gasteiger partial charge in [0.2, 0.25) is 11.8 Å². The van der Waals surface area contributed by atoms with Gasteiger partial charge in [-0.3, -0.25) is 9.59 Å². The molecule has 1 aliphatic rings. The Morgan fingerprint density at radius 2 is 1.54 bits per heavy atom. The molecule has 0 saturated carbocycles. The molecule has 3 rings (SSSR count). The van der Waals surface area contributed by atoms with E-state index in [-0.39, 0.29) is 18.2 Å². The van der Waals surface area contributed by atoms with E-state index in [0.29, 0.717) is 5.69 Å². The lowest BCUT2D eigenvalue weighted by Gasteiger charge is -2.34. The van der Waals surface area contributed by atoms with E-state index in [1.807, 2.05) is 56.3 Å². The number of benzene rings is 2. The summed E-state index contributed by atoms with van der Waals surface area (Å²) >= 11 is 0. The highest BCUT2D eigenvalue weighted by Gasteiger charge is 2.15. The van der Waals surface area contributed by atoms with Crippen LogP contribution in [0.2, 0.25) is 0 Å². The lowest BCUT2D eigenvalue weighted by molar-refractivity contribution is -0.123. The zero-order valence-corrected chi connectivity index (χ0v) is 16.8. The second-order valence-corrected chi connectivity index (χ2v) is 7.36. The Hall–Kier alpha value is -2.86. The molecular weight excluding hydrogens is 352 g/mol. The molecule has 1 fully saturated rings. The largest absolute Gasteiger partial charge is 0.369 e. The topological polar surface area (TPSA) is 64.7 Å². The minimum Gasteiger partial charge on any atom is -0.369 e. The number of nitrogens with zero attached hydrogens (tertiary/aromatic N) is 2. The van der Waals surface area contributed by atoms with Gasteiger partial charge in [-0.1, -0.05) is 12.1 Å². The molecule has 2 N–H and O–H groups in total. The number of hydrogen-bond acceptors (Lipinski definition) is 4. The van der Waals surface area contributed by atoms with Crippen molar-refractivity contribution in [3.05, 3.63) is 53.6 Å². The average Bonchev–Trinajstić information content (AvgIpc) is 2.66. The molecule has 6 nitrogen and oxygen atoms in total. The van der Waals surface area contributed by atoms with Gasteiger partial charge < -0.3 is 20.4 Å². The molecule has 0 atom stereocenters. The Morgan fingerprint density at radius 1 is 0.893 bits per heavy atom. The normalized spacial score (nSPS) is 14.6. The van der Waals surface area contributed by atoms with Crippen LogP contribution >= 0.6 is 0 Å². The monoisotopic (exact) mass is 380 g/mol. The van der Waals surface area contributed by atoms with Crippen molar-refractivity contribution in [2.45, 2.75) is 20.3 Å². The van der Waals surface area contributed by atoms with Crippen LogP contribution < -0.4 is 15.5 Å². The fraction of sp³-hybridized carbons (Fsp3) is 0.364. The van der Waals surface area contributed by atoms with Crippen LogP contribution in [0.15, 0.2) is 42.5 Å². The Morgan fingerprint density at radius 3 is 2.21 bits per heavy atom. The zero-order valence-electron chi connectivity index (χ0n) is 16.8. The molecule has 2 aromatic carbocycles. The van der Waals surface area contributed by atoms with Crippen molar-refractivity contribution in [3.63, 3.8) is 0 Å². The Bertz CT molecular complexity index is 840. The fourth-order valence-corrected chi connectivity index (χ4v) is 3.25. The summed E-state index contributed by atoms with van der Waals surface area (Å²) in [4.78, 5) is 29.0. The van der Waals surface area contributed by atoms with Gasteiger partial charge in [-0.05, 0) is 62.4 Å². The quantitative estimate of drug-likeness (QED) is 0.783. The van der Waals surface area contributed by atoms with E-state index in [2.05, 4.69) is 27.5 Å². The minimum absolute atomic E-state index is 0.215. The molecule has 0 aromatic heterocycles. The first-order valence-electron chi connectivity index (χ1n) is 9.62. The van der Waals surface area contributed by atoms with E-state index < -0.39 is 0 Å². The van der Waals surface area contributed by atoms with E-state index >= 15 is 0 Å². The molecule has 0 radical (unpaired) electrons. The Labute approximate surface area is 166 Å². The van der Waals surface area contributed by atoms with Gasteiger partial charge in [0.05, 0.1) is 0 Å². The van der Waals surface area contributed by atoms with E-state index in [4.69, 9.17) is 0 Å². The molecule has 28 heavy (non-hydrogen) atoms. The van der Waals surface area contributed by atoms with Crippen molar-refractivity contribution < 1.29 is 9.59 Å². The summed E-state index contributed by atoms with van der Waals surface area (Å²) in [5.41, 5.74) is 4.70. The molecule has 148 valence electrons. The highest BCUT2D eigenvalue weighted by Crippen LogP contribution is 2.20. The summed E-state index contributed by atoms with van der Waals surface area (Å²) in [7, 11) is 2.13. The maximum atomic E-state index is 12.2. The van der Waals surface area contributed by atoms with Crippen molar-refractivity contribution in [1.29, 1.82) is 0 Å². The van der Waals surface area contributed by atoms with E-state index in [9.17, 15) is 9.59 Å². The fourth-order valence-electron chi connectivity index (χ4n) is 3.25. The first kappa shape index (κ1) is 19.9. The van der Waals surface area contributed by atoms with Crippen LogP contribution in [0.5, 0.6) is 0 Å². The van der Waals surface area contributed by atoms with Gasteiger partial charge in [-0.15, -0.1) is 0 Å². The third-order valence-electron chi connectivity index (χ3n) is 5.22. The summed E-state index contributed by atoms with van der Waals surface area (Å²) in [5.74, 6) is -0.643. The van der Waals surface area contributed by atoms with Gasteiger partial charge in [0.25, 0.3) is 0 Å². The van der Waals surface area contributed by atoms with Crippen LogP contribution in [0.1, 0.15) is 17.5 Å². The first-order valence-corrected chi connectivity index (χ1v) is 9.62. The molecule has 6 heteroatoms. The number of carbonyl (C=O) groups is 2.